The zero-order valence-corrected chi connectivity index (χ0v) is 11.5. The summed E-state index contributed by atoms with van der Waals surface area (Å²) in [6.45, 7) is 6.67. The average Bonchev–Trinajstić information content (AvgIpc) is 2.89. The van der Waals surface area contributed by atoms with Gasteiger partial charge in [-0.3, -0.25) is 9.48 Å². The Balaban J connectivity index is 2.57. The van der Waals surface area contributed by atoms with E-state index in [1.807, 2.05) is 29.8 Å². The first kappa shape index (κ1) is 13.3. The molecule has 0 aliphatic heterocycles. The molecule has 2 rings (SSSR count). The molecule has 0 spiro atoms. The van der Waals surface area contributed by atoms with Crippen molar-refractivity contribution in [3.05, 3.63) is 36.0 Å². The van der Waals surface area contributed by atoms with Crippen LogP contribution in [-0.4, -0.2) is 22.7 Å². The molecule has 1 heterocycles. The predicted octanol–water partition coefficient (Wildman–Crippen LogP) is 3.34. The number of hydrogen-bond donors (Lipinski definition) is 0. The van der Waals surface area contributed by atoms with Crippen molar-refractivity contribution in [1.82, 2.24) is 9.78 Å². The second-order valence-corrected chi connectivity index (χ2v) is 4.56. The van der Waals surface area contributed by atoms with Crippen molar-refractivity contribution in [2.75, 3.05) is 6.61 Å². The number of ether oxygens (including phenoxy) is 1. The lowest BCUT2D eigenvalue weighted by atomic mass is 10.1. The lowest BCUT2D eigenvalue weighted by molar-refractivity contribution is 0.112. The third-order valence-electron chi connectivity index (χ3n) is 2.87. The summed E-state index contributed by atoms with van der Waals surface area (Å²) in [5.41, 5.74) is 2.50. The smallest absolute Gasteiger partial charge is 0.150 e. The van der Waals surface area contributed by atoms with Crippen molar-refractivity contribution in [1.29, 1.82) is 0 Å². The number of carbonyl (C=O) groups is 1. The number of hydrogen-bond acceptors (Lipinski definition) is 3. The molecule has 4 nitrogen and oxygen atoms in total. The third-order valence-corrected chi connectivity index (χ3v) is 2.87. The summed E-state index contributed by atoms with van der Waals surface area (Å²) in [6, 6.07) is 7.62. The Morgan fingerprint density at radius 1 is 1.37 bits per heavy atom. The Hall–Kier alpha value is -2.10. The highest BCUT2D eigenvalue weighted by molar-refractivity contribution is 5.80. The van der Waals surface area contributed by atoms with Crippen molar-refractivity contribution in [3.63, 3.8) is 0 Å². The molecule has 2 aromatic rings. The summed E-state index contributed by atoms with van der Waals surface area (Å²) < 4.78 is 7.56. The van der Waals surface area contributed by atoms with E-state index in [2.05, 4.69) is 18.9 Å². The molecule has 0 aliphatic carbocycles. The van der Waals surface area contributed by atoms with Gasteiger partial charge in [-0.1, -0.05) is 0 Å². The fourth-order valence-electron chi connectivity index (χ4n) is 2.04. The number of benzene rings is 1. The zero-order valence-electron chi connectivity index (χ0n) is 11.5. The summed E-state index contributed by atoms with van der Waals surface area (Å²) in [4.78, 5) is 11.0. The average molecular weight is 258 g/mol. The van der Waals surface area contributed by atoms with Crippen LogP contribution >= 0.6 is 0 Å². The van der Waals surface area contributed by atoms with Crippen LogP contribution in [0.5, 0.6) is 5.75 Å². The van der Waals surface area contributed by atoms with E-state index >= 15 is 0 Å². The number of aldehydes is 1. The topological polar surface area (TPSA) is 44.1 Å². The van der Waals surface area contributed by atoms with E-state index in [1.165, 1.54) is 0 Å². The van der Waals surface area contributed by atoms with Gasteiger partial charge < -0.3 is 4.74 Å². The summed E-state index contributed by atoms with van der Waals surface area (Å²) in [6.07, 6.45) is 2.61. The van der Waals surface area contributed by atoms with Crippen molar-refractivity contribution in [2.45, 2.75) is 26.8 Å². The first-order valence-electron chi connectivity index (χ1n) is 6.43. The molecule has 0 fully saturated rings. The van der Waals surface area contributed by atoms with E-state index in [0.29, 0.717) is 12.2 Å². The molecule has 0 amide bonds. The maximum absolute atomic E-state index is 11.0. The molecular weight excluding hydrogens is 240 g/mol. The molecule has 100 valence electrons. The third kappa shape index (κ3) is 2.67. The SMILES string of the molecule is CCOc1ccc(C=O)cc1-c1ccnn1C(C)C. The molecule has 0 N–H and O–H groups in total. The first-order valence-corrected chi connectivity index (χ1v) is 6.43. The number of carbonyl (C=O) groups excluding carboxylic acids is 1. The molecule has 0 bridgehead atoms. The quantitative estimate of drug-likeness (QED) is 0.772. The second kappa shape index (κ2) is 5.69. The van der Waals surface area contributed by atoms with Crippen LogP contribution in [0.15, 0.2) is 30.5 Å². The van der Waals surface area contributed by atoms with Crippen LogP contribution in [0.3, 0.4) is 0 Å². The van der Waals surface area contributed by atoms with Crippen LogP contribution in [0.25, 0.3) is 11.3 Å². The lowest BCUT2D eigenvalue weighted by Gasteiger charge is -2.15. The summed E-state index contributed by atoms with van der Waals surface area (Å²) in [5, 5.41) is 4.32. The van der Waals surface area contributed by atoms with Crippen LogP contribution < -0.4 is 4.74 Å². The monoisotopic (exact) mass is 258 g/mol. The van der Waals surface area contributed by atoms with Gasteiger partial charge in [-0.25, -0.2) is 0 Å². The fraction of sp³-hybridized carbons (Fsp3) is 0.333. The second-order valence-electron chi connectivity index (χ2n) is 4.56. The van der Waals surface area contributed by atoms with Crippen molar-refractivity contribution in [2.24, 2.45) is 0 Å². The van der Waals surface area contributed by atoms with Crippen molar-refractivity contribution >= 4 is 6.29 Å². The Morgan fingerprint density at radius 3 is 2.79 bits per heavy atom. The minimum absolute atomic E-state index is 0.249. The zero-order chi connectivity index (χ0) is 13.8. The highest BCUT2D eigenvalue weighted by Gasteiger charge is 2.13. The minimum atomic E-state index is 0.249. The predicted molar refractivity (Wildman–Crippen MR) is 74.6 cm³/mol. The molecule has 0 unspecified atom stereocenters. The van der Waals surface area contributed by atoms with Crippen LogP contribution in [0.2, 0.25) is 0 Å². The van der Waals surface area contributed by atoms with Gasteiger partial charge in [0.2, 0.25) is 0 Å². The first-order chi connectivity index (χ1) is 9.17. The van der Waals surface area contributed by atoms with E-state index in [-0.39, 0.29) is 6.04 Å². The Labute approximate surface area is 113 Å². The van der Waals surface area contributed by atoms with Crippen LogP contribution in [0.4, 0.5) is 0 Å². The molecule has 0 radical (unpaired) electrons. The van der Waals surface area contributed by atoms with Gasteiger partial charge in [-0.2, -0.15) is 5.10 Å². The van der Waals surface area contributed by atoms with E-state index in [4.69, 9.17) is 4.74 Å². The van der Waals surface area contributed by atoms with Crippen LogP contribution in [0.1, 0.15) is 37.2 Å². The van der Waals surface area contributed by atoms with Gasteiger partial charge in [-0.05, 0) is 45.0 Å². The molecule has 1 aromatic carbocycles. The van der Waals surface area contributed by atoms with E-state index in [9.17, 15) is 4.79 Å². The molecule has 4 heteroatoms. The molecule has 0 saturated heterocycles. The van der Waals surface area contributed by atoms with E-state index < -0.39 is 0 Å². The molecule has 0 atom stereocenters. The van der Waals surface area contributed by atoms with E-state index in [0.717, 1.165) is 23.3 Å². The van der Waals surface area contributed by atoms with Crippen LogP contribution in [0, 0.1) is 0 Å². The van der Waals surface area contributed by atoms with Crippen molar-refractivity contribution < 1.29 is 9.53 Å². The van der Waals surface area contributed by atoms with Gasteiger partial charge in [0.25, 0.3) is 0 Å². The fourth-order valence-corrected chi connectivity index (χ4v) is 2.04. The van der Waals surface area contributed by atoms with Gasteiger partial charge in [0, 0.05) is 23.4 Å². The normalized spacial score (nSPS) is 10.7. The lowest BCUT2D eigenvalue weighted by Crippen LogP contribution is -2.06. The molecular formula is C15H18N2O2. The van der Waals surface area contributed by atoms with E-state index in [1.54, 1.807) is 12.3 Å². The molecule has 0 saturated carbocycles. The summed E-state index contributed by atoms with van der Waals surface area (Å²) in [7, 11) is 0. The van der Waals surface area contributed by atoms with Gasteiger partial charge in [0.05, 0.1) is 12.3 Å². The summed E-state index contributed by atoms with van der Waals surface area (Å²) >= 11 is 0. The summed E-state index contributed by atoms with van der Waals surface area (Å²) in [5.74, 6) is 0.774. The Bertz CT molecular complexity index is 573. The van der Waals surface area contributed by atoms with Gasteiger partial charge in [-0.15, -0.1) is 0 Å². The Kier molecular flexibility index (Phi) is 4.00. The largest absolute Gasteiger partial charge is 0.493 e. The standard InChI is InChI=1S/C15H18N2O2/c1-4-19-15-6-5-12(10-18)9-13(15)14-7-8-16-17(14)11(2)3/h5-11H,4H2,1-3H3. The molecule has 0 aliphatic rings. The maximum atomic E-state index is 11.0. The number of nitrogens with zero attached hydrogens (tertiary/aromatic N) is 2. The Morgan fingerprint density at radius 2 is 2.16 bits per heavy atom. The highest BCUT2D eigenvalue weighted by atomic mass is 16.5. The van der Waals surface area contributed by atoms with Gasteiger partial charge in [0.1, 0.15) is 12.0 Å². The maximum Gasteiger partial charge on any atom is 0.150 e. The molecule has 19 heavy (non-hydrogen) atoms. The van der Waals surface area contributed by atoms with Gasteiger partial charge >= 0.3 is 0 Å². The minimum Gasteiger partial charge on any atom is -0.493 e. The van der Waals surface area contributed by atoms with Gasteiger partial charge in [0.15, 0.2) is 0 Å². The van der Waals surface area contributed by atoms with Crippen LogP contribution in [-0.2, 0) is 0 Å². The highest BCUT2D eigenvalue weighted by Crippen LogP contribution is 2.32. The van der Waals surface area contributed by atoms with Crippen molar-refractivity contribution in [3.8, 4) is 17.0 Å². The number of aromatic nitrogens is 2. The number of rotatable bonds is 5. The molecule has 1 aromatic heterocycles.